The molecular weight excluding hydrogens is 492 g/mol. The lowest BCUT2D eigenvalue weighted by Gasteiger charge is -2.24. The average Bonchev–Trinajstić information content (AvgIpc) is 3.09. The summed E-state index contributed by atoms with van der Waals surface area (Å²) in [6, 6.07) is 9.63. The van der Waals surface area contributed by atoms with Gasteiger partial charge in [0.1, 0.15) is 5.75 Å². The van der Waals surface area contributed by atoms with E-state index in [1.165, 1.54) is 23.6 Å². The van der Waals surface area contributed by atoms with Crippen LogP contribution < -0.4 is 21.3 Å². The first-order valence-corrected chi connectivity index (χ1v) is 12.9. The van der Waals surface area contributed by atoms with Crippen molar-refractivity contribution in [1.82, 2.24) is 19.4 Å². The normalized spacial score (nSPS) is 15.8. The van der Waals surface area contributed by atoms with Crippen LogP contribution in [0.1, 0.15) is 36.8 Å². The number of hydrogen-bond donors (Lipinski definition) is 3. The topological polar surface area (TPSA) is 101 Å². The van der Waals surface area contributed by atoms with Crippen molar-refractivity contribution in [2.75, 3.05) is 13.2 Å². The zero-order valence-corrected chi connectivity index (χ0v) is 22.0. The van der Waals surface area contributed by atoms with Gasteiger partial charge in [-0.15, -0.1) is 0 Å². The van der Waals surface area contributed by atoms with Crippen molar-refractivity contribution in [3.63, 3.8) is 0 Å². The quantitative estimate of drug-likeness (QED) is 0.344. The van der Waals surface area contributed by atoms with Gasteiger partial charge < -0.3 is 20.1 Å². The Morgan fingerprint density at radius 1 is 1.11 bits per heavy atom. The SMILES string of the molecule is Cc1cc(C)cc(-c2c(OCCC3CCCCN3)c3cc(-n4c(O)cn(C)c4=O)c(Cl)cc3[nH]c2=O)c1. The number of aryl methyl sites for hydroxylation is 3. The smallest absolute Gasteiger partial charge is 0.335 e. The Balaban J connectivity index is 1.70. The summed E-state index contributed by atoms with van der Waals surface area (Å²) in [5.41, 5.74) is 3.30. The molecule has 194 valence electrons. The van der Waals surface area contributed by atoms with Gasteiger partial charge >= 0.3 is 5.69 Å². The largest absolute Gasteiger partial charge is 0.493 e. The van der Waals surface area contributed by atoms with Crippen LogP contribution in [-0.4, -0.2) is 38.4 Å². The van der Waals surface area contributed by atoms with Crippen molar-refractivity contribution in [1.29, 1.82) is 0 Å². The van der Waals surface area contributed by atoms with Crippen LogP contribution in [0.25, 0.3) is 27.7 Å². The van der Waals surface area contributed by atoms with Crippen LogP contribution in [0, 0.1) is 13.8 Å². The summed E-state index contributed by atoms with van der Waals surface area (Å²) in [5, 5.41) is 14.8. The maximum atomic E-state index is 13.4. The summed E-state index contributed by atoms with van der Waals surface area (Å²) in [7, 11) is 1.55. The van der Waals surface area contributed by atoms with Gasteiger partial charge in [0.15, 0.2) is 0 Å². The van der Waals surface area contributed by atoms with E-state index < -0.39 is 5.69 Å². The van der Waals surface area contributed by atoms with Crippen molar-refractivity contribution >= 4 is 22.5 Å². The standard InChI is InChI=1S/C28H31ClN4O4/c1-16-10-17(2)12-18(11-16)25-26(37-9-7-19-6-4-5-8-30-19)20-13-23(21(29)14-22(20)31-27(25)35)33-24(34)15-32(3)28(33)36/h10-15,19,30,34H,4-9H2,1-3H3,(H,31,35). The summed E-state index contributed by atoms with van der Waals surface area (Å²) >= 11 is 6.55. The summed E-state index contributed by atoms with van der Waals surface area (Å²) in [6.07, 6.45) is 5.60. The first kappa shape index (κ1) is 25.2. The Hall–Kier alpha value is -3.49. The fourth-order valence-corrected chi connectivity index (χ4v) is 5.47. The first-order valence-electron chi connectivity index (χ1n) is 12.5. The van der Waals surface area contributed by atoms with Gasteiger partial charge in [-0.2, -0.15) is 0 Å². The molecule has 1 saturated heterocycles. The van der Waals surface area contributed by atoms with Gasteiger partial charge in [-0.3, -0.25) is 9.36 Å². The van der Waals surface area contributed by atoms with E-state index in [-0.39, 0.29) is 16.5 Å². The molecule has 3 N–H and O–H groups in total. The van der Waals surface area contributed by atoms with Crippen LogP contribution in [0.2, 0.25) is 5.02 Å². The zero-order chi connectivity index (χ0) is 26.3. The van der Waals surface area contributed by atoms with Gasteiger partial charge in [0.25, 0.3) is 5.56 Å². The molecule has 0 spiro atoms. The van der Waals surface area contributed by atoms with E-state index in [0.29, 0.717) is 40.6 Å². The van der Waals surface area contributed by atoms with Gasteiger partial charge in [0, 0.05) is 18.5 Å². The highest BCUT2D eigenvalue weighted by atomic mass is 35.5. The number of fused-ring (bicyclic) bond motifs is 1. The summed E-state index contributed by atoms with van der Waals surface area (Å²) in [6.45, 7) is 5.40. The Morgan fingerprint density at radius 2 is 1.86 bits per heavy atom. The molecule has 0 aliphatic carbocycles. The summed E-state index contributed by atoms with van der Waals surface area (Å²) in [4.78, 5) is 29.1. The van der Waals surface area contributed by atoms with Crippen LogP contribution in [0.5, 0.6) is 11.6 Å². The minimum atomic E-state index is -0.441. The number of piperidine rings is 1. The van der Waals surface area contributed by atoms with Gasteiger partial charge in [-0.25, -0.2) is 9.36 Å². The van der Waals surface area contributed by atoms with Crippen molar-refractivity contribution in [2.24, 2.45) is 7.05 Å². The second kappa shape index (κ2) is 10.1. The predicted octanol–water partition coefficient (Wildman–Crippen LogP) is 4.57. The molecule has 1 aliphatic heterocycles. The van der Waals surface area contributed by atoms with Gasteiger partial charge in [0.2, 0.25) is 5.88 Å². The Morgan fingerprint density at radius 3 is 2.51 bits per heavy atom. The molecule has 3 heterocycles. The summed E-state index contributed by atoms with van der Waals surface area (Å²) < 4.78 is 8.82. The van der Waals surface area contributed by atoms with E-state index in [1.54, 1.807) is 19.2 Å². The fraction of sp³-hybridized carbons (Fsp3) is 0.357. The number of H-pyrrole nitrogens is 1. The molecule has 0 bridgehead atoms. The second-order valence-electron chi connectivity index (χ2n) is 9.88. The second-order valence-corrected chi connectivity index (χ2v) is 10.3. The minimum absolute atomic E-state index is 0.211. The van der Waals surface area contributed by atoms with Gasteiger partial charge in [-0.1, -0.05) is 47.3 Å². The molecule has 8 nitrogen and oxygen atoms in total. The van der Waals surface area contributed by atoms with Gasteiger partial charge in [0.05, 0.1) is 34.6 Å². The van der Waals surface area contributed by atoms with E-state index in [9.17, 15) is 14.7 Å². The lowest BCUT2D eigenvalue weighted by molar-refractivity contribution is 0.271. The number of nitrogens with zero attached hydrogens (tertiary/aromatic N) is 2. The van der Waals surface area contributed by atoms with Crippen LogP contribution in [0.15, 0.2) is 46.1 Å². The number of halogens is 1. The van der Waals surface area contributed by atoms with Crippen molar-refractivity contribution in [2.45, 2.75) is 45.6 Å². The van der Waals surface area contributed by atoms with E-state index in [0.717, 1.165) is 40.6 Å². The van der Waals surface area contributed by atoms with Crippen LogP contribution in [0.3, 0.4) is 0 Å². The highest BCUT2D eigenvalue weighted by molar-refractivity contribution is 6.33. The van der Waals surface area contributed by atoms with Crippen LogP contribution in [0.4, 0.5) is 0 Å². The monoisotopic (exact) mass is 522 g/mol. The number of benzene rings is 2. The maximum absolute atomic E-state index is 13.4. The van der Waals surface area contributed by atoms with E-state index in [4.69, 9.17) is 16.3 Å². The number of ether oxygens (including phenoxy) is 1. The minimum Gasteiger partial charge on any atom is -0.493 e. The van der Waals surface area contributed by atoms with Gasteiger partial charge in [-0.05, 0) is 57.4 Å². The lowest BCUT2D eigenvalue weighted by Crippen LogP contribution is -2.35. The Kier molecular flexibility index (Phi) is 6.88. The third-order valence-electron chi connectivity index (χ3n) is 6.94. The predicted molar refractivity (Wildman–Crippen MR) is 146 cm³/mol. The lowest BCUT2D eigenvalue weighted by atomic mass is 9.99. The maximum Gasteiger partial charge on any atom is 0.335 e. The number of nitrogens with one attached hydrogen (secondary N) is 2. The highest BCUT2D eigenvalue weighted by Crippen LogP contribution is 2.38. The molecule has 1 aliphatic rings. The molecule has 5 rings (SSSR count). The van der Waals surface area contributed by atoms with Crippen molar-refractivity contribution in [3.05, 3.63) is 73.5 Å². The third kappa shape index (κ3) is 4.91. The Labute approximate surface area is 219 Å². The molecule has 1 unspecified atom stereocenters. The average molecular weight is 523 g/mol. The molecule has 1 fully saturated rings. The van der Waals surface area contributed by atoms with Crippen LogP contribution >= 0.6 is 11.6 Å². The number of aromatic nitrogens is 3. The number of rotatable bonds is 6. The molecule has 37 heavy (non-hydrogen) atoms. The molecular formula is C28H31ClN4O4. The fourth-order valence-electron chi connectivity index (χ4n) is 5.22. The number of hydrogen-bond acceptors (Lipinski definition) is 5. The van der Waals surface area contributed by atoms with E-state index in [2.05, 4.69) is 16.4 Å². The molecule has 0 radical (unpaired) electrons. The highest BCUT2D eigenvalue weighted by Gasteiger charge is 2.22. The van der Waals surface area contributed by atoms with Crippen LogP contribution in [-0.2, 0) is 7.05 Å². The molecule has 0 saturated carbocycles. The zero-order valence-electron chi connectivity index (χ0n) is 21.2. The molecule has 2 aromatic heterocycles. The van der Waals surface area contributed by atoms with Crippen molar-refractivity contribution < 1.29 is 9.84 Å². The van der Waals surface area contributed by atoms with Crippen molar-refractivity contribution in [3.8, 4) is 28.4 Å². The number of imidazole rings is 1. The molecule has 2 aromatic carbocycles. The third-order valence-corrected chi connectivity index (χ3v) is 7.24. The van der Waals surface area contributed by atoms with E-state index in [1.807, 2.05) is 26.0 Å². The molecule has 4 aromatic rings. The number of pyridine rings is 1. The molecule has 9 heteroatoms. The number of aromatic amines is 1. The first-order chi connectivity index (χ1) is 17.7. The molecule has 1 atom stereocenters. The Bertz CT molecular complexity index is 1570. The molecule has 0 amide bonds. The number of aromatic hydroxyl groups is 1. The summed E-state index contributed by atoms with van der Waals surface area (Å²) in [5.74, 6) is 0.194. The van der Waals surface area contributed by atoms with E-state index >= 15 is 0 Å².